The molecule has 0 aliphatic carbocycles. The predicted molar refractivity (Wildman–Crippen MR) is 112 cm³/mol. The van der Waals surface area contributed by atoms with Gasteiger partial charge >= 0.3 is 0 Å². The van der Waals surface area contributed by atoms with E-state index in [-0.39, 0.29) is 36.5 Å². The van der Waals surface area contributed by atoms with E-state index in [4.69, 9.17) is 0 Å². The Morgan fingerprint density at radius 3 is 2.52 bits per heavy atom. The third-order valence-electron chi connectivity index (χ3n) is 3.91. The van der Waals surface area contributed by atoms with Gasteiger partial charge in [0, 0.05) is 45.0 Å². The fourth-order valence-corrected chi connectivity index (χ4v) is 2.52. The van der Waals surface area contributed by atoms with Gasteiger partial charge < -0.3 is 15.7 Å². The van der Waals surface area contributed by atoms with Crippen LogP contribution >= 0.6 is 24.0 Å². The molecule has 0 bridgehead atoms. The van der Waals surface area contributed by atoms with Crippen LogP contribution in [0.4, 0.5) is 0 Å². The van der Waals surface area contributed by atoms with Gasteiger partial charge in [-0.1, -0.05) is 37.3 Å². The van der Waals surface area contributed by atoms with Crippen molar-refractivity contribution in [2.24, 2.45) is 10.9 Å². The molecule has 1 aromatic carbocycles. The van der Waals surface area contributed by atoms with Crippen molar-refractivity contribution >= 4 is 29.9 Å². The highest BCUT2D eigenvalue weighted by atomic mass is 127. The van der Waals surface area contributed by atoms with E-state index in [0.29, 0.717) is 12.5 Å². The molecule has 0 spiro atoms. The SMILES string of the molecule is CN=C(NCC(C)Cn1cccn1)NCC(CO)c1ccccc1.I. The number of hydrogen-bond acceptors (Lipinski definition) is 3. The van der Waals surface area contributed by atoms with E-state index in [1.807, 2.05) is 47.3 Å². The molecule has 0 aliphatic rings. The molecule has 7 heteroatoms. The number of aromatic nitrogens is 2. The smallest absolute Gasteiger partial charge is 0.191 e. The molecule has 0 saturated heterocycles. The number of rotatable bonds is 8. The first kappa shape index (κ1) is 21.4. The predicted octanol–water partition coefficient (Wildman–Crippen LogP) is 2.08. The average molecular weight is 457 g/mol. The number of aliphatic hydroxyl groups excluding tert-OH is 1. The highest BCUT2D eigenvalue weighted by Crippen LogP contribution is 2.13. The van der Waals surface area contributed by atoms with E-state index in [9.17, 15) is 5.11 Å². The number of halogens is 1. The molecule has 2 rings (SSSR count). The third kappa shape index (κ3) is 7.43. The Bertz CT molecular complexity index is 603. The van der Waals surface area contributed by atoms with Crippen LogP contribution in [0.2, 0.25) is 0 Å². The summed E-state index contributed by atoms with van der Waals surface area (Å²) in [5, 5.41) is 20.5. The number of aliphatic hydroxyl groups is 1. The molecule has 2 unspecified atom stereocenters. The molecule has 1 heterocycles. The summed E-state index contributed by atoms with van der Waals surface area (Å²) in [5.41, 5.74) is 1.12. The zero-order chi connectivity index (χ0) is 17.2. The van der Waals surface area contributed by atoms with Gasteiger partial charge in [-0.25, -0.2) is 0 Å². The Balaban J connectivity index is 0.00000312. The van der Waals surface area contributed by atoms with Gasteiger partial charge in [0.1, 0.15) is 0 Å². The summed E-state index contributed by atoms with van der Waals surface area (Å²) in [6.07, 6.45) is 3.76. The number of nitrogens with one attached hydrogen (secondary N) is 2. The Kier molecular flexibility index (Phi) is 10.2. The van der Waals surface area contributed by atoms with Crippen LogP contribution in [0.1, 0.15) is 18.4 Å². The molecule has 138 valence electrons. The quantitative estimate of drug-likeness (QED) is 0.323. The molecular weight excluding hydrogens is 429 g/mol. The van der Waals surface area contributed by atoms with Crippen molar-refractivity contribution in [1.82, 2.24) is 20.4 Å². The summed E-state index contributed by atoms with van der Waals surface area (Å²) in [7, 11) is 1.75. The second-order valence-corrected chi connectivity index (χ2v) is 5.96. The monoisotopic (exact) mass is 457 g/mol. The summed E-state index contributed by atoms with van der Waals surface area (Å²) in [6.45, 7) is 4.56. The van der Waals surface area contributed by atoms with Gasteiger partial charge in [0.25, 0.3) is 0 Å². The average Bonchev–Trinajstić information content (AvgIpc) is 3.12. The van der Waals surface area contributed by atoms with Crippen molar-refractivity contribution in [2.45, 2.75) is 19.4 Å². The number of aliphatic imine (C=N–C) groups is 1. The fourth-order valence-electron chi connectivity index (χ4n) is 2.52. The molecule has 0 aliphatic heterocycles. The van der Waals surface area contributed by atoms with E-state index in [1.165, 1.54) is 0 Å². The van der Waals surface area contributed by atoms with Crippen molar-refractivity contribution in [1.29, 1.82) is 0 Å². The van der Waals surface area contributed by atoms with E-state index in [1.54, 1.807) is 13.2 Å². The largest absolute Gasteiger partial charge is 0.396 e. The van der Waals surface area contributed by atoms with E-state index < -0.39 is 0 Å². The van der Waals surface area contributed by atoms with Gasteiger partial charge in [-0.05, 0) is 17.5 Å². The molecule has 6 nitrogen and oxygen atoms in total. The number of nitrogens with zero attached hydrogens (tertiary/aromatic N) is 3. The molecule has 0 radical (unpaired) electrons. The summed E-state index contributed by atoms with van der Waals surface area (Å²) in [4.78, 5) is 4.25. The maximum atomic E-state index is 9.62. The van der Waals surface area contributed by atoms with Crippen LogP contribution in [0.25, 0.3) is 0 Å². The second kappa shape index (κ2) is 11.9. The van der Waals surface area contributed by atoms with Crippen LogP contribution < -0.4 is 10.6 Å². The number of hydrogen-bond donors (Lipinski definition) is 3. The maximum Gasteiger partial charge on any atom is 0.191 e. The highest BCUT2D eigenvalue weighted by molar-refractivity contribution is 14.0. The Hall–Kier alpha value is -1.61. The van der Waals surface area contributed by atoms with E-state index in [0.717, 1.165) is 24.6 Å². The van der Waals surface area contributed by atoms with Crippen molar-refractivity contribution in [2.75, 3.05) is 26.7 Å². The first-order chi connectivity index (χ1) is 11.7. The van der Waals surface area contributed by atoms with Crippen LogP contribution in [-0.2, 0) is 6.54 Å². The summed E-state index contributed by atoms with van der Waals surface area (Å²) >= 11 is 0. The first-order valence-electron chi connectivity index (χ1n) is 8.30. The minimum absolute atomic E-state index is 0. The molecule has 25 heavy (non-hydrogen) atoms. The van der Waals surface area contributed by atoms with Crippen molar-refractivity contribution in [3.05, 3.63) is 54.4 Å². The highest BCUT2D eigenvalue weighted by Gasteiger charge is 2.11. The molecule has 2 atom stereocenters. The van der Waals surface area contributed by atoms with Gasteiger partial charge in [-0.2, -0.15) is 5.10 Å². The maximum absolute atomic E-state index is 9.62. The third-order valence-corrected chi connectivity index (χ3v) is 3.91. The molecule has 0 amide bonds. The molecule has 0 fully saturated rings. The Labute approximate surface area is 166 Å². The summed E-state index contributed by atoms with van der Waals surface area (Å²) in [5.74, 6) is 1.22. The van der Waals surface area contributed by atoms with Gasteiger partial charge in [0.05, 0.1) is 6.61 Å². The van der Waals surface area contributed by atoms with Crippen molar-refractivity contribution in [3.8, 4) is 0 Å². The molecule has 0 saturated carbocycles. The summed E-state index contributed by atoms with van der Waals surface area (Å²) < 4.78 is 1.93. The van der Waals surface area contributed by atoms with Crippen molar-refractivity contribution in [3.63, 3.8) is 0 Å². The van der Waals surface area contributed by atoms with Gasteiger partial charge in [-0.3, -0.25) is 9.67 Å². The lowest BCUT2D eigenvalue weighted by molar-refractivity contribution is 0.265. The summed E-state index contributed by atoms with van der Waals surface area (Å²) in [6, 6.07) is 12.0. The molecule has 2 aromatic rings. The van der Waals surface area contributed by atoms with Gasteiger partial charge in [0.2, 0.25) is 0 Å². The number of benzene rings is 1. The topological polar surface area (TPSA) is 74.5 Å². The van der Waals surface area contributed by atoms with Gasteiger partial charge in [-0.15, -0.1) is 24.0 Å². The lowest BCUT2D eigenvalue weighted by atomic mass is 10.0. The van der Waals surface area contributed by atoms with Crippen LogP contribution in [0.15, 0.2) is 53.8 Å². The van der Waals surface area contributed by atoms with Crippen LogP contribution in [0, 0.1) is 5.92 Å². The van der Waals surface area contributed by atoms with Crippen molar-refractivity contribution < 1.29 is 5.11 Å². The fraction of sp³-hybridized carbons (Fsp3) is 0.444. The zero-order valence-electron chi connectivity index (χ0n) is 14.8. The molecular formula is C18H28IN5O. The molecule has 3 N–H and O–H groups in total. The lowest BCUT2D eigenvalue weighted by Crippen LogP contribution is -2.42. The van der Waals surface area contributed by atoms with Gasteiger partial charge in [0.15, 0.2) is 5.96 Å². The zero-order valence-corrected chi connectivity index (χ0v) is 17.1. The van der Waals surface area contributed by atoms with E-state index in [2.05, 4.69) is 27.6 Å². The molecule has 1 aromatic heterocycles. The Morgan fingerprint density at radius 2 is 1.92 bits per heavy atom. The normalized spacial score (nSPS) is 13.6. The first-order valence-corrected chi connectivity index (χ1v) is 8.30. The Morgan fingerprint density at radius 1 is 1.20 bits per heavy atom. The minimum Gasteiger partial charge on any atom is -0.396 e. The minimum atomic E-state index is 0. The second-order valence-electron chi connectivity index (χ2n) is 5.96. The van der Waals surface area contributed by atoms with Crippen LogP contribution in [0.5, 0.6) is 0 Å². The standard InChI is InChI=1S/C18H27N5O.HI/c1-15(13-23-10-6-9-22-23)11-20-18(19-2)21-12-17(14-24)16-7-4-3-5-8-16;/h3-10,15,17,24H,11-14H2,1-2H3,(H2,19,20,21);1H. The van der Waals surface area contributed by atoms with E-state index >= 15 is 0 Å². The van der Waals surface area contributed by atoms with Crippen LogP contribution in [0.3, 0.4) is 0 Å². The lowest BCUT2D eigenvalue weighted by Gasteiger charge is -2.19. The van der Waals surface area contributed by atoms with Crippen LogP contribution in [-0.4, -0.2) is 47.6 Å². The number of guanidine groups is 1.